The minimum absolute atomic E-state index is 0.0646. The van der Waals surface area contributed by atoms with Crippen LogP contribution in [-0.4, -0.2) is 39.3 Å². The molecule has 2 aliphatic carbocycles. The van der Waals surface area contributed by atoms with Gasteiger partial charge in [-0.25, -0.2) is 0 Å². The van der Waals surface area contributed by atoms with Gasteiger partial charge in [0.25, 0.3) is 0 Å². The minimum atomic E-state index is -1.94. The van der Waals surface area contributed by atoms with Crippen molar-refractivity contribution in [1.29, 1.82) is 0 Å². The third-order valence-electron chi connectivity index (χ3n) is 6.67. The monoisotopic (exact) mass is 698 g/mol. The Morgan fingerprint density at radius 3 is 1.19 bits per heavy atom. The molecular weight excluding hydrogens is 683 g/mol. The van der Waals surface area contributed by atoms with Gasteiger partial charge in [0.05, 0.1) is 10.8 Å². The molecule has 0 bridgehead atoms. The third kappa shape index (κ3) is 5.17. The van der Waals surface area contributed by atoms with Crippen molar-refractivity contribution in [3.8, 4) is 0 Å². The van der Waals surface area contributed by atoms with E-state index in [2.05, 4.69) is 0 Å². The standard InChI is InChI=1S/C26H20Cl10O/c27-19-11-13-23(31,21(29,25(19,33)34)15-17-7-3-1-4-8-17)37-24(32)14-12-20(28)26(35,36)22(24,30)16-18-9-5-2-6-10-18/h1-14,19-20H,15-16H2. The maximum Gasteiger partial charge on any atom is 0.185 e. The first kappa shape index (κ1) is 30.7. The minimum Gasteiger partial charge on any atom is -0.327 e. The van der Waals surface area contributed by atoms with Gasteiger partial charge >= 0.3 is 0 Å². The molecule has 1 nitrogen and oxygen atoms in total. The van der Waals surface area contributed by atoms with Crippen molar-refractivity contribution in [1.82, 2.24) is 0 Å². The topological polar surface area (TPSA) is 9.23 Å². The molecular formula is C26H20Cl10O. The summed E-state index contributed by atoms with van der Waals surface area (Å²) in [5, 5.41) is -5.69. The van der Waals surface area contributed by atoms with Crippen LogP contribution in [0.1, 0.15) is 11.1 Å². The smallest absolute Gasteiger partial charge is 0.185 e. The normalized spacial score (nSPS) is 38.4. The Labute approximate surface area is 266 Å². The lowest BCUT2D eigenvalue weighted by Gasteiger charge is -2.57. The highest BCUT2D eigenvalue weighted by molar-refractivity contribution is 6.60. The van der Waals surface area contributed by atoms with Gasteiger partial charge in [-0.15, -0.1) is 46.4 Å². The van der Waals surface area contributed by atoms with Crippen molar-refractivity contribution in [2.45, 2.75) is 52.1 Å². The predicted molar refractivity (Wildman–Crippen MR) is 162 cm³/mol. The van der Waals surface area contributed by atoms with Crippen molar-refractivity contribution >= 4 is 116 Å². The molecule has 4 rings (SSSR count). The highest BCUT2D eigenvalue weighted by Gasteiger charge is 2.72. The van der Waals surface area contributed by atoms with Gasteiger partial charge in [-0.1, -0.05) is 142 Å². The summed E-state index contributed by atoms with van der Waals surface area (Å²) < 4.78 is 2.87. The molecule has 0 radical (unpaired) electrons. The first-order valence-corrected chi connectivity index (χ1v) is 15.0. The van der Waals surface area contributed by atoms with E-state index in [1.165, 1.54) is 24.3 Å². The van der Waals surface area contributed by atoms with E-state index in [1.807, 2.05) is 60.7 Å². The van der Waals surface area contributed by atoms with Gasteiger partial charge in [-0.05, 0) is 36.1 Å². The number of hydrogen-bond acceptors (Lipinski definition) is 1. The maximum atomic E-state index is 7.26. The molecule has 2 aliphatic rings. The number of allylic oxidation sites excluding steroid dienone is 2. The molecule has 0 fully saturated rings. The summed E-state index contributed by atoms with van der Waals surface area (Å²) in [7, 11) is 0. The van der Waals surface area contributed by atoms with Crippen LogP contribution in [0.15, 0.2) is 85.0 Å². The molecule has 0 aromatic heterocycles. The molecule has 0 N–H and O–H groups in total. The summed E-state index contributed by atoms with van der Waals surface area (Å²) >= 11 is 69.2. The SMILES string of the molecule is ClC1C=CC(Cl)(OC2(Cl)C=CC(Cl)C(Cl)(Cl)C2(Cl)Cc2ccccc2)C(Cl)(Cc2ccccc2)C1(Cl)Cl. The fraction of sp³-hybridized carbons (Fsp3) is 0.385. The van der Waals surface area contributed by atoms with E-state index in [9.17, 15) is 0 Å². The van der Waals surface area contributed by atoms with Gasteiger partial charge in [0, 0.05) is 0 Å². The Balaban J connectivity index is 1.85. The average molecular weight is 703 g/mol. The molecule has 0 heterocycles. The molecule has 2 aromatic rings. The second-order valence-electron chi connectivity index (χ2n) is 9.09. The van der Waals surface area contributed by atoms with E-state index < -0.39 is 39.3 Å². The van der Waals surface area contributed by atoms with E-state index in [4.69, 9.17) is 121 Å². The average Bonchev–Trinajstić information content (AvgIpc) is 2.85. The Bertz CT molecular complexity index is 1080. The summed E-state index contributed by atoms with van der Waals surface area (Å²) in [6.45, 7) is 0. The maximum absolute atomic E-state index is 7.26. The van der Waals surface area contributed by atoms with Crippen LogP contribution >= 0.6 is 116 Å². The van der Waals surface area contributed by atoms with Crippen molar-refractivity contribution in [3.63, 3.8) is 0 Å². The van der Waals surface area contributed by atoms with E-state index in [0.29, 0.717) is 0 Å². The molecule has 0 saturated carbocycles. The Kier molecular flexibility index (Phi) is 9.04. The molecule has 37 heavy (non-hydrogen) atoms. The van der Waals surface area contributed by atoms with Crippen LogP contribution in [-0.2, 0) is 17.6 Å². The summed E-state index contributed by atoms with van der Waals surface area (Å²) in [5.74, 6) is 0. The highest BCUT2D eigenvalue weighted by Crippen LogP contribution is 2.63. The van der Waals surface area contributed by atoms with Gasteiger partial charge < -0.3 is 4.74 Å². The summed E-state index contributed by atoms with van der Waals surface area (Å²) in [6, 6.07) is 18.5. The van der Waals surface area contributed by atoms with Gasteiger partial charge in [-0.3, -0.25) is 0 Å². The zero-order valence-corrected chi connectivity index (χ0v) is 26.4. The van der Waals surface area contributed by atoms with Crippen molar-refractivity contribution in [2.24, 2.45) is 0 Å². The van der Waals surface area contributed by atoms with Gasteiger partial charge in [-0.2, -0.15) is 0 Å². The van der Waals surface area contributed by atoms with Crippen LogP contribution < -0.4 is 0 Å². The van der Waals surface area contributed by atoms with Crippen LogP contribution in [0.3, 0.4) is 0 Å². The zero-order chi connectivity index (χ0) is 27.3. The molecule has 0 aliphatic heterocycles. The van der Waals surface area contributed by atoms with Crippen LogP contribution in [0.2, 0.25) is 0 Å². The first-order valence-electron chi connectivity index (χ1n) is 11.1. The lowest BCUT2D eigenvalue weighted by Crippen LogP contribution is -2.70. The highest BCUT2D eigenvalue weighted by atomic mass is 35.5. The Hall–Kier alpha value is 0.780. The van der Waals surface area contributed by atoms with Gasteiger partial charge in [0.1, 0.15) is 9.75 Å². The zero-order valence-electron chi connectivity index (χ0n) is 18.8. The molecule has 6 atom stereocenters. The lowest BCUT2D eigenvalue weighted by atomic mass is 9.81. The van der Waals surface area contributed by atoms with Crippen molar-refractivity contribution in [2.75, 3.05) is 0 Å². The summed E-state index contributed by atoms with van der Waals surface area (Å²) in [4.78, 5) is -3.49. The van der Waals surface area contributed by atoms with Crippen LogP contribution in [0.5, 0.6) is 0 Å². The molecule has 0 saturated heterocycles. The lowest BCUT2D eigenvalue weighted by molar-refractivity contribution is -0.0675. The summed E-state index contributed by atoms with van der Waals surface area (Å²) in [6.07, 6.45) is 6.07. The number of alkyl halides is 10. The molecule has 2 aromatic carbocycles. The predicted octanol–water partition coefficient (Wildman–Crippen LogP) is 10.0. The van der Waals surface area contributed by atoms with E-state index in [1.54, 1.807) is 0 Å². The number of rotatable bonds is 6. The number of benzene rings is 2. The summed E-state index contributed by atoms with van der Waals surface area (Å²) in [5.41, 5.74) is 1.56. The van der Waals surface area contributed by atoms with Crippen LogP contribution in [0, 0.1) is 0 Å². The molecule has 11 heteroatoms. The Morgan fingerprint density at radius 1 is 0.541 bits per heavy atom. The van der Waals surface area contributed by atoms with Gasteiger partial charge in [0.15, 0.2) is 18.8 Å². The number of ether oxygens (including phenoxy) is 1. The largest absolute Gasteiger partial charge is 0.327 e. The van der Waals surface area contributed by atoms with E-state index in [-0.39, 0.29) is 12.8 Å². The molecule has 0 spiro atoms. The Morgan fingerprint density at radius 2 is 0.865 bits per heavy atom. The first-order chi connectivity index (χ1) is 17.1. The van der Waals surface area contributed by atoms with Crippen molar-refractivity contribution in [3.05, 3.63) is 96.1 Å². The fourth-order valence-corrected chi connectivity index (χ4v) is 8.04. The van der Waals surface area contributed by atoms with Crippen LogP contribution in [0.4, 0.5) is 0 Å². The second-order valence-corrected chi connectivity index (χ2v) is 15.2. The second kappa shape index (κ2) is 10.9. The quantitative estimate of drug-likeness (QED) is 0.215. The third-order valence-corrected chi connectivity index (χ3v) is 13.3. The van der Waals surface area contributed by atoms with E-state index in [0.717, 1.165) is 11.1 Å². The van der Waals surface area contributed by atoms with Crippen molar-refractivity contribution < 1.29 is 4.74 Å². The molecule has 200 valence electrons. The number of halogens is 10. The van der Waals surface area contributed by atoms with E-state index >= 15 is 0 Å². The fourth-order valence-electron chi connectivity index (χ4n) is 4.49. The molecule has 0 amide bonds. The van der Waals surface area contributed by atoms with Crippen LogP contribution in [0.25, 0.3) is 0 Å². The van der Waals surface area contributed by atoms with Gasteiger partial charge in [0.2, 0.25) is 0 Å². The molecule has 6 unspecified atom stereocenters. The number of hydrogen-bond donors (Lipinski definition) is 0.